The zero-order valence-electron chi connectivity index (χ0n) is 18.8. The Kier molecular flexibility index (Phi) is 5.20. The third-order valence-electron chi connectivity index (χ3n) is 5.77. The normalized spacial score (nSPS) is 11.7. The van der Waals surface area contributed by atoms with Gasteiger partial charge in [0.2, 0.25) is 0 Å². The monoisotopic (exact) mass is 517 g/mol. The van der Waals surface area contributed by atoms with Gasteiger partial charge in [0.05, 0.1) is 22.5 Å². The summed E-state index contributed by atoms with van der Waals surface area (Å²) in [5.41, 5.74) is 11.8. The molecule has 0 saturated carbocycles. The number of aromatic nitrogens is 6. The molecule has 0 radical (unpaired) electrons. The van der Waals surface area contributed by atoms with Gasteiger partial charge in [0.1, 0.15) is 10.5 Å². The predicted molar refractivity (Wildman–Crippen MR) is 144 cm³/mol. The Morgan fingerprint density at radius 1 is 1.09 bits per heavy atom. The van der Waals surface area contributed by atoms with Gasteiger partial charge in [-0.25, -0.2) is 14.6 Å². The van der Waals surface area contributed by atoms with Crippen molar-refractivity contribution in [3.05, 3.63) is 69.8 Å². The topological polar surface area (TPSA) is 96.0 Å². The number of aryl methyl sites for hydroxylation is 2. The number of anilines is 1. The minimum atomic E-state index is -0.176. The Balaban J connectivity index is 1.57. The standard InChI is InChI=1S/C24H19N7OS3/c1-13-7-3-5-9-16(13)30-22-20(35-24(30)33)21-26-15-8-4-6-10-17(15)29(21)23(27-22)34-12-19(32)31-14(2)11-18(25)28-31/h3-11H,12H2,1-2H3,(H2,25,28). The van der Waals surface area contributed by atoms with Crippen LogP contribution in [0.1, 0.15) is 16.1 Å². The lowest BCUT2D eigenvalue weighted by molar-refractivity contribution is 0.0924. The van der Waals surface area contributed by atoms with Gasteiger partial charge in [-0.2, -0.15) is 0 Å². The quantitative estimate of drug-likeness (QED) is 0.189. The van der Waals surface area contributed by atoms with Gasteiger partial charge in [0, 0.05) is 11.8 Å². The van der Waals surface area contributed by atoms with Crippen molar-refractivity contribution in [3.8, 4) is 5.69 Å². The Morgan fingerprint density at radius 3 is 2.63 bits per heavy atom. The van der Waals surface area contributed by atoms with Gasteiger partial charge in [0.15, 0.2) is 20.4 Å². The van der Waals surface area contributed by atoms with E-state index in [0.717, 1.165) is 38.3 Å². The number of thiazole rings is 1. The Hall–Kier alpha value is -3.54. The summed E-state index contributed by atoms with van der Waals surface area (Å²) < 4.78 is 6.93. The molecule has 0 bridgehead atoms. The predicted octanol–water partition coefficient (Wildman–Crippen LogP) is 5.45. The molecule has 0 aliphatic carbocycles. The third kappa shape index (κ3) is 3.54. The van der Waals surface area contributed by atoms with Crippen LogP contribution in [0.15, 0.2) is 59.8 Å². The lowest BCUT2D eigenvalue weighted by Gasteiger charge is -2.10. The van der Waals surface area contributed by atoms with E-state index >= 15 is 0 Å². The molecule has 35 heavy (non-hydrogen) atoms. The second-order valence-electron chi connectivity index (χ2n) is 8.10. The number of carbonyl (C=O) groups is 1. The van der Waals surface area contributed by atoms with Crippen molar-refractivity contribution in [1.29, 1.82) is 0 Å². The number of nitrogen functional groups attached to an aromatic ring is 1. The highest BCUT2D eigenvalue weighted by molar-refractivity contribution is 7.99. The number of para-hydroxylation sites is 3. The van der Waals surface area contributed by atoms with Crippen molar-refractivity contribution in [2.75, 3.05) is 11.5 Å². The van der Waals surface area contributed by atoms with Gasteiger partial charge in [-0.1, -0.05) is 53.4 Å². The molecule has 8 nitrogen and oxygen atoms in total. The number of nitrogens with zero attached hydrogens (tertiary/aromatic N) is 6. The van der Waals surface area contributed by atoms with E-state index in [-0.39, 0.29) is 11.7 Å². The van der Waals surface area contributed by atoms with E-state index in [4.69, 9.17) is 27.9 Å². The maximum atomic E-state index is 12.9. The molecule has 0 atom stereocenters. The van der Waals surface area contributed by atoms with E-state index in [1.165, 1.54) is 27.8 Å². The molecule has 4 aromatic heterocycles. The second-order valence-corrected chi connectivity index (χ2v) is 10.7. The summed E-state index contributed by atoms with van der Waals surface area (Å²) in [7, 11) is 0. The fourth-order valence-electron chi connectivity index (χ4n) is 4.19. The van der Waals surface area contributed by atoms with Crippen LogP contribution in [-0.2, 0) is 0 Å². The van der Waals surface area contributed by atoms with Crippen LogP contribution in [0.4, 0.5) is 5.82 Å². The number of rotatable bonds is 4. The van der Waals surface area contributed by atoms with Crippen molar-refractivity contribution >= 4 is 74.1 Å². The Labute approximate surface area is 213 Å². The smallest absolute Gasteiger partial charge is 0.257 e. The van der Waals surface area contributed by atoms with Crippen LogP contribution in [0.25, 0.3) is 32.7 Å². The fourth-order valence-corrected chi connectivity index (χ4v) is 6.37. The van der Waals surface area contributed by atoms with Crippen molar-refractivity contribution in [2.45, 2.75) is 19.0 Å². The van der Waals surface area contributed by atoms with Gasteiger partial charge in [-0.3, -0.25) is 13.8 Å². The summed E-state index contributed by atoms with van der Waals surface area (Å²) in [5.74, 6) is 0.278. The van der Waals surface area contributed by atoms with E-state index in [2.05, 4.69) is 18.1 Å². The van der Waals surface area contributed by atoms with Crippen LogP contribution in [0.3, 0.4) is 0 Å². The molecule has 4 heterocycles. The van der Waals surface area contributed by atoms with E-state index in [1.54, 1.807) is 13.0 Å². The molecular formula is C24H19N7OS3. The van der Waals surface area contributed by atoms with E-state index < -0.39 is 0 Å². The SMILES string of the molecule is Cc1ccccc1-n1c(=S)sc2c1nc(SCC(=O)n1nc(N)cc1C)n1c3ccccc3nc21. The van der Waals surface area contributed by atoms with Crippen LogP contribution in [0, 0.1) is 17.8 Å². The number of benzene rings is 2. The van der Waals surface area contributed by atoms with Gasteiger partial charge in [0.25, 0.3) is 5.91 Å². The molecule has 0 saturated heterocycles. The summed E-state index contributed by atoms with van der Waals surface area (Å²) in [6, 6.07) is 17.7. The van der Waals surface area contributed by atoms with Gasteiger partial charge in [-0.15, -0.1) is 5.10 Å². The summed E-state index contributed by atoms with van der Waals surface area (Å²) >= 11 is 8.62. The highest BCUT2D eigenvalue weighted by Crippen LogP contribution is 2.34. The highest BCUT2D eigenvalue weighted by Gasteiger charge is 2.21. The number of carbonyl (C=O) groups excluding carboxylic acids is 1. The van der Waals surface area contributed by atoms with Crippen LogP contribution in [-0.4, -0.2) is 40.4 Å². The van der Waals surface area contributed by atoms with Gasteiger partial charge in [-0.05, 0) is 49.8 Å². The first-order chi connectivity index (χ1) is 16.9. The molecule has 2 N–H and O–H groups in total. The molecule has 174 valence electrons. The second kappa shape index (κ2) is 8.29. The summed E-state index contributed by atoms with van der Waals surface area (Å²) in [6.07, 6.45) is 0. The van der Waals surface area contributed by atoms with Gasteiger partial charge >= 0.3 is 0 Å². The van der Waals surface area contributed by atoms with Crippen LogP contribution >= 0.6 is 35.3 Å². The summed E-state index contributed by atoms with van der Waals surface area (Å²) in [5, 5.41) is 4.77. The Morgan fingerprint density at radius 2 is 1.86 bits per heavy atom. The minimum Gasteiger partial charge on any atom is -0.382 e. The Bertz CT molecular complexity index is 1840. The molecule has 0 fully saturated rings. The molecule has 0 amide bonds. The van der Waals surface area contributed by atoms with Crippen LogP contribution in [0.5, 0.6) is 0 Å². The molecule has 2 aromatic carbocycles. The average Bonchev–Trinajstić information content (AvgIpc) is 3.49. The summed E-state index contributed by atoms with van der Waals surface area (Å²) in [4.78, 5) is 22.9. The van der Waals surface area contributed by atoms with Crippen molar-refractivity contribution in [3.63, 3.8) is 0 Å². The van der Waals surface area contributed by atoms with Crippen LogP contribution in [0.2, 0.25) is 0 Å². The van der Waals surface area contributed by atoms with E-state index in [1.807, 2.05) is 51.4 Å². The maximum Gasteiger partial charge on any atom is 0.257 e. The van der Waals surface area contributed by atoms with Crippen molar-refractivity contribution in [2.24, 2.45) is 0 Å². The minimum absolute atomic E-state index is 0.136. The maximum absolute atomic E-state index is 12.9. The number of hydrogen-bond acceptors (Lipinski definition) is 8. The van der Waals surface area contributed by atoms with Crippen LogP contribution < -0.4 is 5.73 Å². The number of thioether (sulfide) groups is 1. The molecule has 11 heteroatoms. The molecule has 6 aromatic rings. The first-order valence-corrected chi connectivity index (χ1v) is 13.0. The fraction of sp³-hybridized carbons (Fsp3) is 0.125. The first kappa shape index (κ1) is 22.0. The van der Waals surface area contributed by atoms with Crippen molar-refractivity contribution < 1.29 is 4.79 Å². The van der Waals surface area contributed by atoms with Gasteiger partial charge < -0.3 is 5.73 Å². The van der Waals surface area contributed by atoms with Crippen molar-refractivity contribution in [1.82, 2.24) is 28.7 Å². The number of hydrogen-bond donors (Lipinski definition) is 1. The number of imidazole rings is 1. The third-order valence-corrected chi connectivity index (χ3v) is 8.05. The summed E-state index contributed by atoms with van der Waals surface area (Å²) in [6.45, 7) is 3.86. The number of fused-ring (bicyclic) bond motifs is 5. The number of nitrogens with two attached hydrogens (primary N) is 1. The van der Waals surface area contributed by atoms with E-state index in [9.17, 15) is 4.79 Å². The average molecular weight is 518 g/mol. The highest BCUT2D eigenvalue weighted by atomic mass is 32.2. The molecule has 0 spiro atoms. The largest absolute Gasteiger partial charge is 0.382 e. The lowest BCUT2D eigenvalue weighted by atomic mass is 10.2. The lowest BCUT2D eigenvalue weighted by Crippen LogP contribution is -2.17. The molecule has 0 aliphatic heterocycles. The first-order valence-electron chi connectivity index (χ1n) is 10.8. The molecule has 0 aliphatic rings. The molecular weight excluding hydrogens is 499 g/mol. The zero-order chi connectivity index (χ0) is 24.3. The zero-order valence-corrected chi connectivity index (χ0v) is 21.2. The van der Waals surface area contributed by atoms with E-state index in [0.29, 0.717) is 20.6 Å². The molecule has 6 rings (SSSR count). The molecule has 0 unspecified atom stereocenters.